The van der Waals surface area contributed by atoms with E-state index in [4.69, 9.17) is 21.1 Å². The van der Waals surface area contributed by atoms with E-state index in [1.54, 1.807) is 12.1 Å². The lowest BCUT2D eigenvalue weighted by Crippen LogP contribution is -2.58. The van der Waals surface area contributed by atoms with E-state index in [0.29, 0.717) is 37.2 Å². The number of morpholine rings is 1. The quantitative estimate of drug-likeness (QED) is 0.568. The van der Waals surface area contributed by atoms with Gasteiger partial charge in [-0.05, 0) is 51.2 Å². The first-order valence-electron chi connectivity index (χ1n) is 12.1. The number of halogens is 1. The molecule has 1 unspecified atom stereocenters. The van der Waals surface area contributed by atoms with Crippen LogP contribution in [0.25, 0.3) is 0 Å². The molecule has 0 spiro atoms. The number of hydrogen-bond acceptors (Lipinski definition) is 6. The first kappa shape index (κ1) is 25.0. The van der Waals surface area contributed by atoms with Crippen molar-refractivity contribution in [3.05, 3.63) is 47.2 Å². The molecule has 4 rings (SSSR count). The predicted octanol–water partition coefficient (Wildman–Crippen LogP) is 2.93. The number of aromatic nitrogens is 2. The highest BCUT2D eigenvalue weighted by molar-refractivity contribution is 6.30. The van der Waals surface area contributed by atoms with Gasteiger partial charge in [-0.2, -0.15) is 5.10 Å². The Bertz CT molecular complexity index is 942. The highest BCUT2D eigenvalue weighted by Crippen LogP contribution is 2.27. The molecule has 1 aromatic carbocycles. The lowest BCUT2D eigenvalue weighted by molar-refractivity contribution is -0.158. The molecule has 2 aliphatic heterocycles. The van der Waals surface area contributed by atoms with Crippen molar-refractivity contribution in [3.63, 3.8) is 0 Å². The van der Waals surface area contributed by atoms with Crippen molar-refractivity contribution >= 4 is 17.5 Å². The summed E-state index contributed by atoms with van der Waals surface area (Å²) >= 11 is 6.03. The van der Waals surface area contributed by atoms with E-state index in [1.807, 2.05) is 23.2 Å². The smallest absolute Gasteiger partial charge is 0.225 e. The van der Waals surface area contributed by atoms with Crippen LogP contribution in [-0.4, -0.2) is 95.5 Å². The number of piperazine rings is 1. The van der Waals surface area contributed by atoms with Crippen molar-refractivity contribution in [2.45, 2.75) is 38.5 Å². The molecule has 0 saturated carbocycles. The lowest BCUT2D eigenvalue weighted by Gasteiger charge is -2.43. The number of rotatable bonds is 8. The summed E-state index contributed by atoms with van der Waals surface area (Å²) in [5.41, 5.74) is 0.441. The molecule has 0 bridgehead atoms. The zero-order valence-corrected chi connectivity index (χ0v) is 21.2. The van der Waals surface area contributed by atoms with E-state index in [1.165, 1.54) is 0 Å². The topological polar surface area (TPSA) is 63.1 Å². The molecule has 2 saturated heterocycles. The molecule has 8 nitrogen and oxygen atoms in total. The van der Waals surface area contributed by atoms with E-state index in [9.17, 15) is 4.79 Å². The Kier molecular flexibility index (Phi) is 8.14. The number of amides is 1. The van der Waals surface area contributed by atoms with Crippen LogP contribution < -0.4 is 4.74 Å². The summed E-state index contributed by atoms with van der Waals surface area (Å²) in [6, 6.07) is 9.67. The summed E-state index contributed by atoms with van der Waals surface area (Å²) in [5.74, 6) is 0.844. The van der Waals surface area contributed by atoms with Crippen LogP contribution in [0.5, 0.6) is 5.75 Å². The molecule has 2 fully saturated rings. The molecule has 3 heterocycles. The number of nitrogens with zero attached hydrogens (tertiary/aromatic N) is 5. The summed E-state index contributed by atoms with van der Waals surface area (Å²) in [5, 5.41) is 5.14. The average Bonchev–Trinajstić information content (AvgIpc) is 3.28. The number of carbonyl (C=O) groups is 1. The Balaban J connectivity index is 1.49. The maximum atomic E-state index is 13.3. The monoisotopic (exact) mass is 489 g/mol. The molecule has 186 valence electrons. The molecule has 0 N–H and O–H groups in total. The van der Waals surface area contributed by atoms with Crippen molar-refractivity contribution < 1.29 is 14.3 Å². The van der Waals surface area contributed by atoms with Crippen molar-refractivity contribution in [1.82, 2.24) is 24.5 Å². The van der Waals surface area contributed by atoms with Crippen LogP contribution in [0.1, 0.15) is 32.0 Å². The second-order valence-corrected chi connectivity index (χ2v) is 10.1. The van der Waals surface area contributed by atoms with Gasteiger partial charge in [0.15, 0.2) is 0 Å². The zero-order valence-electron chi connectivity index (χ0n) is 20.5. The molecule has 34 heavy (non-hydrogen) atoms. The van der Waals surface area contributed by atoms with Gasteiger partial charge in [0, 0.05) is 63.1 Å². The Labute approximate surface area is 207 Å². The molecule has 2 aliphatic rings. The normalized spacial score (nSPS) is 22.3. The highest BCUT2D eigenvalue weighted by Gasteiger charge is 2.41. The number of carbonyl (C=O) groups excluding carboxylic acids is 1. The SMILES string of the molecule is CC(C)n1nccc1CN1CCOC(COc2ccc(Cl)cc2)(CC(=O)N2CCN(C)CC2)C1. The summed E-state index contributed by atoms with van der Waals surface area (Å²) in [6.07, 6.45) is 2.15. The molecule has 1 atom stereocenters. The third kappa shape index (κ3) is 6.30. The van der Waals surface area contributed by atoms with Crippen LogP contribution >= 0.6 is 11.6 Å². The van der Waals surface area contributed by atoms with Crippen LogP contribution in [0.15, 0.2) is 36.5 Å². The predicted molar refractivity (Wildman–Crippen MR) is 132 cm³/mol. The first-order valence-corrected chi connectivity index (χ1v) is 12.4. The molecule has 2 aromatic rings. The van der Waals surface area contributed by atoms with Crippen molar-refractivity contribution in [2.24, 2.45) is 0 Å². The minimum absolute atomic E-state index is 0.127. The Morgan fingerprint density at radius 1 is 1.15 bits per heavy atom. The number of benzene rings is 1. The minimum atomic E-state index is -0.721. The van der Waals surface area contributed by atoms with Gasteiger partial charge in [-0.25, -0.2) is 0 Å². The van der Waals surface area contributed by atoms with Gasteiger partial charge in [-0.3, -0.25) is 14.4 Å². The molecule has 9 heteroatoms. The maximum absolute atomic E-state index is 13.3. The fraction of sp³-hybridized carbons (Fsp3) is 0.600. The van der Waals surface area contributed by atoms with Crippen LogP contribution in [0, 0.1) is 0 Å². The molecular weight excluding hydrogens is 454 g/mol. The second-order valence-electron chi connectivity index (χ2n) is 9.71. The number of hydrogen-bond donors (Lipinski definition) is 0. The van der Waals surface area contributed by atoms with Crippen LogP contribution in [0.4, 0.5) is 0 Å². The van der Waals surface area contributed by atoms with Gasteiger partial charge in [0.25, 0.3) is 0 Å². The first-order chi connectivity index (χ1) is 16.3. The molecule has 1 amide bonds. The van der Waals surface area contributed by atoms with E-state index in [-0.39, 0.29) is 5.91 Å². The van der Waals surface area contributed by atoms with Crippen LogP contribution in [0.3, 0.4) is 0 Å². The molecular formula is C25H36ClN5O3. The van der Waals surface area contributed by atoms with E-state index < -0.39 is 5.60 Å². The molecule has 0 radical (unpaired) electrons. The highest BCUT2D eigenvalue weighted by atomic mass is 35.5. The van der Waals surface area contributed by atoms with Gasteiger partial charge < -0.3 is 19.3 Å². The number of likely N-dealkylation sites (N-methyl/N-ethyl adjacent to an activating group) is 1. The third-order valence-electron chi connectivity index (χ3n) is 6.60. The maximum Gasteiger partial charge on any atom is 0.225 e. The van der Waals surface area contributed by atoms with Gasteiger partial charge in [0.1, 0.15) is 18.0 Å². The average molecular weight is 490 g/mol. The van der Waals surface area contributed by atoms with Gasteiger partial charge in [-0.15, -0.1) is 0 Å². The summed E-state index contributed by atoms with van der Waals surface area (Å²) in [6.45, 7) is 10.6. The van der Waals surface area contributed by atoms with Crippen LogP contribution in [-0.2, 0) is 16.1 Å². The summed E-state index contributed by atoms with van der Waals surface area (Å²) in [4.78, 5) is 19.9. The third-order valence-corrected chi connectivity index (χ3v) is 6.85. The van der Waals surface area contributed by atoms with Gasteiger partial charge in [-0.1, -0.05) is 11.6 Å². The van der Waals surface area contributed by atoms with Crippen LogP contribution in [0.2, 0.25) is 5.02 Å². The van der Waals surface area contributed by atoms with Gasteiger partial charge in [0.2, 0.25) is 5.91 Å². The minimum Gasteiger partial charge on any atom is -0.491 e. The zero-order chi connectivity index (χ0) is 24.1. The fourth-order valence-corrected chi connectivity index (χ4v) is 4.78. The van der Waals surface area contributed by atoms with Gasteiger partial charge in [0.05, 0.1) is 18.7 Å². The standard InChI is InChI=1S/C25H36ClN5O3/c1-20(2)31-22(8-9-27-31)17-29-14-15-34-25(18-29,19-33-23-6-4-21(26)5-7-23)16-24(32)30-12-10-28(3)11-13-30/h4-9,20H,10-19H2,1-3H3. The Hall–Kier alpha value is -2.13. The van der Waals surface area contributed by atoms with E-state index >= 15 is 0 Å². The lowest BCUT2D eigenvalue weighted by atomic mass is 9.96. The van der Waals surface area contributed by atoms with Crippen molar-refractivity contribution in [2.75, 3.05) is 59.5 Å². The Morgan fingerprint density at radius 3 is 2.59 bits per heavy atom. The van der Waals surface area contributed by atoms with E-state index in [0.717, 1.165) is 50.7 Å². The fourth-order valence-electron chi connectivity index (χ4n) is 4.65. The summed E-state index contributed by atoms with van der Waals surface area (Å²) < 4.78 is 14.5. The second kappa shape index (κ2) is 11.1. The molecule has 1 aromatic heterocycles. The van der Waals surface area contributed by atoms with Crippen molar-refractivity contribution in [3.8, 4) is 5.75 Å². The Morgan fingerprint density at radius 2 is 1.88 bits per heavy atom. The number of ether oxygens (including phenoxy) is 2. The summed E-state index contributed by atoms with van der Waals surface area (Å²) in [7, 11) is 2.09. The van der Waals surface area contributed by atoms with Gasteiger partial charge >= 0.3 is 0 Å². The van der Waals surface area contributed by atoms with Crippen molar-refractivity contribution in [1.29, 1.82) is 0 Å². The van der Waals surface area contributed by atoms with E-state index in [2.05, 4.69) is 46.5 Å². The largest absolute Gasteiger partial charge is 0.491 e. The molecule has 0 aliphatic carbocycles.